The lowest BCUT2D eigenvalue weighted by Gasteiger charge is -2.40. The fourth-order valence-electron chi connectivity index (χ4n) is 2.99. The number of halogens is 2. The van der Waals surface area contributed by atoms with Crippen LogP contribution in [0.4, 0.5) is 4.39 Å². The topological polar surface area (TPSA) is 46.6 Å². The van der Waals surface area contributed by atoms with Gasteiger partial charge in [0.2, 0.25) is 0 Å². The van der Waals surface area contributed by atoms with Crippen molar-refractivity contribution in [2.75, 3.05) is 0 Å². The Bertz CT molecular complexity index is 598. The zero-order valence-electron chi connectivity index (χ0n) is 13.5. The van der Waals surface area contributed by atoms with E-state index in [2.05, 4.69) is 15.9 Å². The van der Waals surface area contributed by atoms with Crippen molar-refractivity contribution in [1.82, 2.24) is 4.90 Å². The van der Waals surface area contributed by atoms with Crippen LogP contribution in [0.5, 0.6) is 0 Å². The number of carbonyl (C=O) groups excluding carboxylic acids is 2. The molecule has 3 atom stereocenters. The SMILES string of the molecule is C[C@H](OC(=O)c1cc(Br)ccc1F)C(=O)N1[C@H](C)CCC[C@@H]1C. The third-order valence-electron chi connectivity index (χ3n) is 4.23. The van der Waals surface area contributed by atoms with Crippen LogP contribution in [0.3, 0.4) is 0 Å². The van der Waals surface area contributed by atoms with Gasteiger partial charge in [0.25, 0.3) is 5.91 Å². The zero-order valence-corrected chi connectivity index (χ0v) is 15.1. The molecular formula is C17H21BrFNO3. The van der Waals surface area contributed by atoms with Crippen LogP contribution in [0.25, 0.3) is 0 Å². The summed E-state index contributed by atoms with van der Waals surface area (Å²) < 4.78 is 19.5. The second-order valence-corrected chi connectivity index (χ2v) is 6.96. The van der Waals surface area contributed by atoms with Crippen LogP contribution in [-0.4, -0.2) is 35.0 Å². The maximum absolute atomic E-state index is 13.7. The molecule has 0 saturated carbocycles. The monoisotopic (exact) mass is 385 g/mol. The van der Waals surface area contributed by atoms with E-state index in [9.17, 15) is 14.0 Å². The molecule has 0 aromatic heterocycles. The second kappa shape index (κ2) is 7.43. The number of hydrogen-bond donors (Lipinski definition) is 0. The lowest BCUT2D eigenvalue weighted by molar-refractivity contribution is -0.146. The molecule has 0 unspecified atom stereocenters. The molecule has 1 aromatic rings. The quantitative estimate of drug-likeness (QED) is 0.740. The van der Waals surface area contributed by atoms with E-state index in [-0.39, 0.29) is 23.6 Å². The Morgan fingerprint density at radius 1 is 1.30 bits per heavy atom. The van der Waals surface area contributed by atoms with Crippen LogP contribution in [0.2, 0.25) is 0 Å². The summed E-state index contributed by atoms with van der Waals surface area (Å²) in [6.45, 7) is 5.52. The highest BCUT2D eigenvalue weighted by atomic mass is 79.9. The first-order valence-electron chi connectivity index (χ1n) is 7.79. The molecule has 2 rings (SSSR count). The van der Waals surface area contributed by atoms with Crippen molar-refractivity contribution in [2.45, 2.75) is 58.2 Å². The Morgan fingerprint density at radius 3 is 2.52 bits per heavy atom. The van der Waals surface area contributed by atoms with E-state index in [1.165, 1.54) is 25.1 Å². The van der Waals surface area contributed by atoms with Gasteiger partial charge in [0.15, 0.2) is 6.10 Å². The Balaban J connectivity index is 2.08. The number of nitrogens with zero attached hydrogens (tertiary/aromatic N) is 1. The number of hydrogen-bond acceptors (Lipinski definition) is 3. The molecule has 1 aliphatic heterocycles. The first kappa shape index (κ1) is 17.9. The lowest BCUT2D eigenvalue weighted by Crippen LogP contribution is -2.51. The van der Waals surface area contributed by atoms with Gasteiger partial charge in [0.1, 0.15) is 5.82 Å². The summed E-state index contributed by atoms with van der Waals surface area (Å²) in [4.78, 5) is 26.5. The van der Waals surface area contributed by atoms with E-state index in [1.54, 1.807) is 4.90 Å². The van der Waals surface area contributed by atoms with Crippen LogP contribution < -0.4 is 0 Å². The predicted molar refractivity (Wildman–Crippen MR) is 88.6 cm³/mol. The second-order valence-electron chi connectivity index (χ2n) is 6.05. The van der Waals surface area contributed by atoms with Crippen molar-refractivity contribution >= 4 is 27.8 Å². The number of likely N-dealkylation sites (tertiary alicyclic amines) is 1. The Labute approximate surface area is 144 Å². The van der Waals surface area contributed by atoms with Crippen LogP contribution >= 0.6 is 15.9 Å². The van der Waals surface area contributed by atoms with Crippen LogP contribution in [0.15, 0.2) is 22.7 Å². The fraction of sp³-hybridized carbons (Fsp3) is 0.529. The maximum atomic E-state index is 13.7. The molecule has 4 nitrogen and oxygen atoms in total. The third-order valence-corrected chi connectivity index (χ3v) is 4.72. The molecule has 6 heteroatoms. The van der Waals surface area contributed by atoms with Gasteiger partial charge in [-0.3, -0.25) is 4.79 Å². The Morgan fingerprint density at radius 2 is 1.91 bits per heavy atom. The maximum Gasteiger partial charge on any atom is 0.341 e. The average Bonchev–Trinajstić information content (AvgIpc) is 2.49. The van der Waals surface area contributed by atoms with Crippen molar-refractivity contribution in [3.8, 4) is 0 Å². The summed E-state index contributed by atoms with van der Waals surface area (Å²) in [5, 5.41) is 0. The zero-order chi connectivity index (χ0) is 17.1. The number of carbonyl (C=O) groups is 2. The van der Waals surface area contributed by atoms with E-state index in [4.69, 9.17) is 4.74 Å². The summed E-state index contributed by atoms with van der Waals surface area (Å²) in [6, 6.07) is 4.27. The number of amides is 1. The molecule has 0 N–H and O–H groups in total. The van der Waals surface area contributed by atoms with Gasteiger partial charge in [-0.25, -0.2) is 9.18 Å². The van der Waals surface area contributed by atoms with Gasteiger partial charge in [-0.05, 0) is 58.2 Å². The highest BCUT2D eigenvalue weighted by molar-refractivity contribution is 9.10. The number of rotatable bonds is 3. The minimum Gasteiger partial charge on any atom is -0.449 e. The normalized spacial score (nSPS) is 22.6. The summed E-state index contributed by atoms with van der Waals surface area (Å²) in [7, 11) is 0. The highest BCUT2D eigenvalue weighted by Crippen LogP contribution is 2.24. The van der Waals surface area contributed by atoms with E-state index < -0.39 is 17.9 Å². The van der Waals surface area contributed by atoms with Gasteiger partial charge in [-0.15, -0.1) is 0 Å². The molecule has 0 aliphatic carbocycles. The van der Waals surface area contributed by atoms with Crippen molar-refractivity contribution in [3.63, 3.8) is 0 Å². The number of ether oxygens (including phenoxy) is 1. The molecule has 1 aromatic carbocycles. The minimum atomic E-state index is -0.941. The fourth-order valence-corrected chi connectivity index (χ4v) is 3.36. The van der Waals surface area contributed by atoms with Crippen LogP contribution in [0.1, 0.15) is 50.4 Å². The van der Waals surface area contributed by atoms with E-state index in [0.29, 0.717) is 4.47 Å². The Hall–Kier alpha value is -1.43. The molecule has 1 fully saturated rings. The summed E-state index contributed by atoms with van der Waals surface area (Å²) in [6.07, 6.45) is 2.03. The van der Waals surface area contributed by atoms with Crippen molar-refractivity contribution in [1.29, 1.82) is 0 Å². The molecular weight excluding hydrogens is 365 g/mol. The molecule has 23 heavy (non-hydrogen) atoms. The summed E-state index contributed by atoms with van der Waals surface area (Å²) in [5.41, 5.74) is -0.182. The highest BCUT2D eigenvalue weighted by Gasteiger charge is 2.33. The summed E-state index contributed by atoms with van der Waals surface area (Å²) >= 11 is 3.19. The van der Waals surface area contributed by atoms with Crippen molar-refractivity contribution in [2.24, 2.45) is 0 Å². The van der Waals surface area contributed by atoms with Gasteiger partial charge < -0.3 is 9.64 Å². The van der Waals surface area contributed by atoms with Gasteiger partial charge in [-0.2, -0.15) is 0 Å². The number of benzene rings is 1. The molecule has 126 valence electrons. The first-order chi connectivity index (χ1) is 10.8. The molecule has 0 radical (unpaired) electrons. The molecule has 0 spiro atoms. The number of piperidine rings is 1. The lowest BCUT2D eigenvalue weighted by atomic mass is 9.97. The first-order valence-corrected chi connectivity index (χ1v) is 8.58. The standard InChI is InChI=1S/C17H21BrFNO3/c1-10-5-4-6-11(2)20(10)16(21)12(3)23-17(22)14-9-13(18)7-8-15(14)19/h7-12H,4-6H2,1-3H3/t10-,11+,12-/m0/s1. The van der Waals surface area contributed by atoms with E-state index >= 15 is 0 Å². The van der Waals surface area contributed by atoms with Crippen molar-refractivity contribution in [3.05, 3.63) is 34.1 Å². The molecule has 1 aliphatic rings. The largest absolute Gasteiger partial charge is 0.449 e. The molecule has 0 bridgehead atoms. The van der Waals surface area contributed by atoms with Crippen LogP contribution in [-0.2, 0) is 9.53 Å². The molecule has 1 amide bonds. The number of esters is 1. The van der Waals surface area contributed by atoms with Gasteiger partial charge in [0.05, 0.1) is 5.56 Å². The molecule has 1 saturated heterocycles. The van der Waals surface area contributed by atoms with Gasteiger partial charge >= 0.3 is 5.97 Å². The van der Waals surface area contributed by atoms with Crippen LogP contribution in [0, 0.1) is 5.82 Å². The predicted octanol–water partition coefficient (Wildman–Crippen LogP) is 3.92. The third kappa shape index (κ3) is 4.10. The van der Waals surface area contributed by atoms with Gasteiger partial charge in [-0.1, -0.05) is 15.9 Å². The Kier molecular flexibility index (Phi) is 5.79. The smallest absolute Gasteiger partial charge is 0.341 e. The molecule has 1 heterocycles. The minimum absolute atomic E-state index is 0.120. The average molecular weight is 386 g/mol. The van der Waals surface area contributed by atoms with Gasteiger partial charge in [0, 0.05) is 16.6 Å². The summed E-state index contributed by atoms with van der Waals surface area (Å²) in [5.74, 6) is -1.73. The van der Waals surface area contributed by atoms with Crippen molar-refractivity contribution < 1.29 is 18.7 Å². The van der Waals surface area contributed by atoms with E-state index in [1.807, 2.05) is 13.8 Å². The van der Waals surface area contributed by atoms with E-state index in [0.717, 1.165) is 19.3 Å².